The van der Waals surface area contributed by atoms with Crippen molar-refractivity contribution < 1.29 is 18.0 Å². The van der Waals surface area contributed by atoms with Crippen LogP contribution in [0.2, 0.25) is 0 Å². The number of carbonyl (C=O) groups excluding carboxylic acids is 2. The van der Waals surface area contributed by atoms with E-state index in [0.29, 0.717) is 24.2 Å². The first-order valence-corrected chi connectivity index (χ1v) is 10.5. The van der Waals surface area contributed by atoms with Gasteiger partial charge in [0.2, 0.25) is 0 Å². The highest BCUT2D eigenvalue weighted by Gasteiger charge is 2.29. The summed E-state index contributed by atoms with van der Waals surface area (Å²) in [6, 6.07) is 14.3. The molecule has 1 aliphatic rings. The summed E-state index contributed by atoms with van der Waals surface area (Å²) in [5.74, 6) is -1.000. The van der Waals surface area contributed by atoms with Crippen LogP contribution in [0.15, 0.2) is 48.5 Å². The van der Waals surface area contributed by atoms with Crippen LogP contribution in [0.5, 0.6) is 0 Å². The van der Waals surface area contributed by atoms with Crippen molar-refractivity contribution in [3.05, 3.63) is 65.2 Å². The lowest BCUT2D eigenvalue weighted by atomic mass is 9.99. The van der Waals surface area contributed by atoms with Crippen molar-refractivity contribution in [2.45, 2.75) is 20.3 Å². The van der Waals surface area contributed by atoms with Gasteiger partial charge in [0.15, 0.2) is 0 Å². The van der Waals surface area contributed by atoms with E-state index in [1.165, 1.54) is 4.90 Å². The molecule has 1 aliphatic heterocycles. The van der Waals surface area contributed by atoms with Gasteiger partial charge in [0.05, 0.1) is 5.69 Å². The number of benzene rings is 2. The second-order valence-corrected chi connectivity index (χ2v) is 8.21. The smallest absolute Gasteiger partial charge is 0.326 e. The summed E-state index contributed by atoms with van der Waals surface area (Å²) in [6.07, 6.45) is 0.631. The quantitative estimate of drug-likeness (QED) is 0.801. The first-order valence-electron chi connectivity index (χ1n) is 9.09. The number of carbonyl (C=O) groups is 2. The molecular formula is C20H23N3O4S. The Morgan fingerprint density at radius 1 is 1.14 bits per heavy atom. The number of rotatable bonds is 6. The third-order valence-electron chi connectivity index (χ3n) is 4.72. The van der Waals surface area contributed by atoms with E-state index < -0.39 is 16.1 Å². The Morgan fingerprint density at radius 3 is 2.54 bits per heavy atom. The predicted molar refractivity (Wildman–Crippen MR) is 107 cm³/mol. The summed E-state index contributed by atoms with van der Waals surface area (Å²) in [6.45, 7) is 3.74. The number of fused-ring (bicyclic) bond motifs is 1. The van der Waals surface area contributed by atoms with E-state index >= 15 is 0 Å². The van der Waals surface area contributed by atoms with Crippen molar-refractivity contribution in [3.63, 3.8) is 0 Å². The molecule has 148 valence electrons. The van der Waals surface area contributed by atoms with Crippen molar-refractivity contribution in [2.75, 3.05) is 23.9 Å². The molecule has 1 heterocycles. The molecule has 2 aromatic rings. The number of amides is 2. The van der Waals surface area contributed by atoms with Gasteiger partial charge in [-0.2, -0.15) is 8.42 Å². The Hall–Kier alpha value is -2.87. The van der Waals surface area contributed by atoms with Crippen LogP contribution < -0.4 is 9.03 Å². The van der Waals surface area contributed by atoms with Crippen molar-refractivity contribution in [3.8, 4) is 0 Å². The summed E-state index contributed by atoms with van der Waals surface area (Å²) in [5, 5.41) is 0. The lowest BCUT2D eigenvalue weighted by molar-refractivity contribution is -0.120. The van der Waals surface area contributed by atoms with Crippen LogP contribution in [-0.4, -0.2) is 44.8 Å². The van der Waals surface area contributed by atoms with Crippen LogP contribution >= 0.6 is 0 Å². The third kappa shape index (κ3) is 4.01. The zero-order valence-corrected chi connectivity index (χ0v) is 16.7. The van der Waals surface area contributed by atoms with E-state index in [2.05, 4.69) is 4.72 Å². The Labute approximate surface area is 165 Å². The van der Waals surface area contributed by atoms with Gasteiger partial charge in [0.25, 0.3) is 11.8 Å². The van der Waals surface area contributed by atoms with Gasteiger partial charge in [0, 0.05) is 18.7 Å². The number of hydrogen-bond acceptors (Lipinski definition) is 4. The Bertz CT molecular complexity index is 1000. The van der Waals surface area contributed by atoms with Crippen LogP contribution in [0, 0.1) is 6.92 Å². The number of aryl methyl sites for hydroxylation is 1. The van der Waals surface area contributed by atoms with Crippen LogP contribution in [0.25, 0.3) is 0 Å². The van der Waals surface area contributed by atoms with Crippen LogP contribution in [0.4, 0.5) is 5.69 Å². The van der Waals surface area contributed by atoms with Gasteiger partial charge in [-0.05, 0) is 43.5 Å². The molecule has 2 amide bonds. The summed E-state index contributed by atoms with van der Waals surface area (Å²) in [7, 11) is -4.08. The fraction of sp³-hybridized carbons (Fsp3) is 0.300. The summed E-state index contributed by atoms with van der Waals surface area (Å²) in [4.78, 5) is 26.3. The van der Waals surface area contributed by atoms with E-state index in [0.717, 1.165) is 15.4 Å². The van der Waals surface area contributed by atoms with Crippen molar-refractivity contribution in [1.29, 1.82) is 0 Å². The second kappa shape index (κ2) is 8.02. The fourth-order valence-electron chi connectivity index (χ4n) is 3.34. The highest BCUT2D eigenvalue weighted by Crippen LogP contribution is 2.22. The normalized spacial score (nSPS) is 13.8. The predicted octanol–water partition coefficient (Wildman–Crippen LogP) is 1.88. The number of hydrogen-bond donors (Lipinski definition) is 1. The van der Waals surface area contributed by atoms with Crippen molar-refractivity contribution in [2.24, 2.45) is 0 Å². The average Bonchev–Trinajstić information content (AvgIpc) is 2.66. The number of nitrogens with zero attached hydrogens (tertiary/aromatic N) is 2. The van der Waals surface area contributed by atoms with E-state index in [-0.39, 0.29) is 19.0 Å². The van der Waals surface area contributed by atoms with Gasteiger partial charge in [-0.25, -0.2) is 4.72 Å². The SMILES string of the molecule is CCN(c1ccccc1C)S(=O)(=O)NC(=O)CN1CCc2ccccc2C1=O. The molecule has 0 saturated carbocycles. The summed E-state index contributed by atoms with van der Waals surface area (Å²) < 4.78 is 28.7. The standard InChI is InChI=1S/C20H23N3O4S/c1-3-23(18-11-7-4-8-15(18)2)28(26,27)21-19(24)14-22-13-12-16-9-5-6-10-17(16)20(22)25/h4-11H,3,12-14H2,1-2H3,(H,21,24). The average molecular weight is 401 g/mol. The zero-order valence-electron chi connectivity index (χ0n) is 15.9. The molecule has 0 saturated heterocycles. The number of para-hydroxylation sites is 1. The highest BCUT2D eigenvalue weighted by molar-refractivity contribution is 7.91. The molecule has 1 N–H and O–H groups in total. The molecule has 7 nitrogen and oxygen atoms in total. The molecule has 0 bridgehead atoms. The number of anilines is 1. The number of nitrogens with one attached hydrogen (secondary N) is 1. The molecule has 0 unspecified atom stereocenters. The fourth-order valence-corrected chi connectivity index (χ4v) is 4.61. The van der Waals surface area contributed by atoms with E-state index in [1.807, 2.05) is 18.2 Å². The molecule has 0 radical (unpaired) electrons. The maximum atomic E-state index is 12.7. The van der Waals surface area contributed by atoms with Gasteiger partial charge in [0.1, 0.15) is 6.54 Å². The highest BCUT2D eigenvalue weighted by atomic mass is 32.2. The zero-order chi connectivity index (χ0) is 20.3. The van der Waals surface area contributed by atoms with Gasteiger partial charge >= 0.3 is 10.2 Å². The minimum Gasteiger partial charge on any atom is -0.329 e. The third-order valence-corrected chi connectivity index (χ3v) is 6.25. The molecule has 3 rings (SSSR count). The monoisotopic (exact) mass is 401 g/mol. The molecule has 8 heteroatoms. The minimum atomic E-state index is -4.08. The lowest BCUT2D eigenvalue weighted by Crippen LogP contribution is -2.49. The summed E-state index contributed by atoms with van der Waals surface area (Å²) >= 11 is 0. The van der Waals surface area contributed by atoms with E-state index in [4.69, 9.17) is 0 Å². The molecule has 0 fully saturated rings. The first kappa shape index (κ1) is 19.9. The lowest BCUT2D eigenvalue weighted by Gasteiger charge is -2.29. The maximum Gasteiger partial charge on any atom is 0.326 e. The minimum absolute atomic E-state index is 0.170. The summed E-state index contributed by atoms with van der Waals surface area (Å²) in [5.41, 5.74) is 2.78. The van der Waals surface area contributed by atoms with Crippen molar-refractivity contribution in [1.82, 2.24) is 9.62 Å². The topological polar surface area (TPSA) is 86.8 Å². The Balaban J connectivity index is 1.72. The largest absolute Gasteiger partial charge is 0.329 e. The van der Waals surface area contributed by atoms with Crippen molar-refractivity contribution >= 4 is 27.7 Å². The van der Waals surface area contributed by atoms with E-state index in [1.54, 1.807) is 44.2 Å². The second-order valence-electron chi connectivity index (χ2n) is 6.62. The molecule has 28 heavy (non-hydrogen) atoms. The molecule has 2 aromatic carbocycles. The molecular weight excluding hydrogens is 378 g/mol. The molecule has 0 spiro atoms. The molecule has 0 aliphatic carbocycles. The molecule has 0 aromatic heterocycles. The Kier molecular flexibility index (Phi) is 5.69. The maximum absolute atomic E-state index is 12.7. The first-order chi connectivity index (χ1) is 13.3. The van der Waals surface area contributed by atoms with Crippen LogP contribution in [0.1, 0.15) is 28.4 Å². The Morgan fingerprint density at radius 2 is 1.82 bits per heavy atom. The molecule has 0 atom stereocenters. The van der Waals surface area contributed by atoms with Gasteiger partial charge in [-0.3, -0.25) is 13.9 Å². The van der Waals surface area contributed by atoms with Crippen LogP contribution in [0.3, 0.4) is 0 Å². The van der Waals surface area contributed by atoms with Gasteiger partial charge < -0.3 is 4.90 Å². The van der Waals surface area contributed by atoms with Gasteiger partial charge in [-0.1, -0.05) is 36.4 Å². The van der Waals surface area contributed by atoms with E-state index in [9.17, 15) is 18.0 Å². The van der Waals surface area contributed by atoms with Crippen LogP contribution in [-0.2, 0) is 21.4 Å². The van der Waals surface area contributed by atoms with Gasteiger partial charge in [-0.15, -0.1) is 0 Å².